The Hall–Kier alpha value is -1.17. The maximum atomic E-state index is 11.6. The summed E-state index contributed by atoms with van der Waals surface area (Å²) in [6.07, 6.45) is 0.856. The van der Waals surface area contributed by atoms with Crippen LogP contribution in [0.3, 0.4) is 0 Å². The van der Waals surface area contributed by atoms with Gasteiger partial charge in [0.15, 0.2) is 0 Å². The van der Waals surface area contributed by atoms with E-state index >= 15 is 0 Å². The first kappa shape index (κ1) is 12.9. The Kier molecular flexibility index (Phi) is 4.67. The van der Waals surface area contributed by atoms with Crippen molar-refractivity contribution in [1.82, 2.24) is 9.55 Å². The number of rotatable bonds is 5. The molecular formula is C10H17N3O2S. The number of anilines is 1. The van der Waals surface area contributed by atoms with E-state index in [9.17, 15) is 9.59 Å². The monoisotopic (exact) mass is 243 g/mol. The van der Waals surface area contributed by atoms with Crippen molar-refractivity contribution in [3.63, 3.8) is 0 Å². The summed E-state index contributed by atoms with van der Waals surface area (Å²) in [6.45, 7) is 4.02. The highest BCUT2D eigenvalue weighted by molar-refractivity contribution is 7.99. The lowest BCUT2D eigenvalue weighted by molar-refractivity contribution is 0.513. The van der Waals surface area contributed by atoms with Crippen LogP contribution in [0.2, 0.25) is 0 Å². The maximum Gasteiger partial charge on any atom is 0.330 e. The van der Waals surface area contributed by atoms with E-state index in [0.717, 1.165) is 17.9 Å². The molecule has 0 bridgehead atoms. The molecule has 1 aromatic heterocycles. The Morgan fingerprint density at radius 2 is 2.25 bits per heavy atom. The smallest absolute Gasteiger partial charge is 0.330 e. The second-order valence-electron chi connectivity index (χ2n) is 3.57. The third-order valence-corrected chi connectivity index (χ3v) is 3.26. The van der Waals surface area contributed by atoms with Gasteiger partial charge in [-0.3, -0.25) is 14.3 Å². The molecule has 1 atom stereocenters. The summed E-state index contributed by atoms with van der Waals surface area (Å²) in [5.41, 5.74) is 4.78. The van der Waals surface area contributed by atoms with Crippen LogP contribution in [0.1, 0.15) is 26.3 Å². The van der Waals surface area contributed by atoms with Gasteiger partial charge >= 0.3 is 5.69 Å². The van der Waals surface area contributed by atoms with Gasteiger partial charge in [0.25, 0.3) is 5.56 Å². The summed E-state index contributed by atoms with van der Waals surface area (Å²) in [6, 6.07) is 1.24. The Bertz CT molecular complexity index is 452. The van der Waals surface area contributed by atoms with Crippen molar-refractivity contribution in [3.8, 4) is 0 Å². The molecule has 0 radical (unpaired) electrons. The number of nitrogens with two attached hydrogens (primary N) is 1. The Labute approximate surface area is 98.1 Å². The normalized spacial score (nSPS) is 12.6. The second-order valence-corrected chi connectivity index (χ2v) is 4.96. The van der Waals surface area contributed by atoms with Crippen molar-refractivity contribution in [2.75, 3.05) is 17.2 Å². The van der Waals surface area contributed by atoms with E-state index in [4.69, 9.17) is 5.73 Å². The molecule has 16 heavy (non-hydrogen) atoms. The van der Waals surface area contributed by atoms with Crippen LogP contribution in [0, 0.1) is 0 Å². The number of aromatic amines is 1. The molecule has 0 aromatic carbocycles. The molecule has 1 aromatic rings. The van der Waals surface area contributed by atoms with Crippen molar-refractivity contribution in [2.45, 2.75) is 26.3 Å². The van der Waals surface area contributed by atoms with Crippen LogP contribution in [0.5, 0.6) is 0 Å². The van der Waals surface area contributed by atoms with E-state index in [1.165, 1.54) is 10.6 Å². The molecule has 90 valence electrons. The van der Waals surface area contributed by atoms with Crippen molar-refractivity contribution < 1.29 is 0 Å². The number of nitrogens with one attached hydrogen (secondary N) is 1. The molecule has 0 spiro atoms. The first-order valence-corrected chi connectivity index (χ1v) is 6.40. The summed E-state index contributed by atoms with van der Waals surface area (Å²) in [7, 11) is 0. The first-order chi connectivity index (χ1) is 7.56. The first-order valence-electron chi connectivity index (χ1n) is 5.25. The molecule has 0 amide bonds. The van der Waals surface area contributed by atoms with Crippen LogP contribution < -0.4 is 17.0 Å². The summed E-state index contributed by atoms with van der Waals surface area (Å²) < 4.78 is 1.43. The number of thioether (sulfide) groups is 1. The average Bonchev–Trinajstić information content (AvgIpc) is 2.16. The molecular weight excluding hydrogens is 226 g/mol. The standard InChI is InChI=1S/C10H17N3O2S/c1-3-16-5-4-7(2)13-8(11)6-9(14)12-10(13)15/h6-7H,3-5,11H2,1-2H3,(H,12,14,15). The molecule has 0 fully saturated rings. The minimum atomic E-state index is -0.450. The zero-order chi connectivity index (χ0) is 12.1. The van der Waals surface area contributed by atoms with Gasteiger partial charge in [-0.25, -0.2) is 4.79 Å². The topological polar surface area (TPSA) is 80.9 Å². The van der Waals surface area contributed by atoms with Gasteiger partial charge in [0, 0.05) is 12.1 Å². The molecule has 6 heteroatoms. The predicted octanol–water partition coefficient (Wildman–Crippen LogP) is 0.823. The lowest BCUT2D eigenvalue weighted by Gasteiger charge is -2.16. The van der Waals surface area contributed by atoms with Gasteiger partial charge in [0.1, 0.15) is 5.82 Å². The number of nitrogens with zero attached hydrogens (tertiary/aromatic N) is 1. The average molecular weight is 243 g/mol. The molecule has 0 aliphatic rings. The molecule has 1 rings (SSSR count). The van der Waals surface area contributed by atoms with Gasteiger partial charge in [0.05, 0.1) is 0 Å². The Balaban J connectivity index is 2.87. The zero-order valence-electron chi connectivity index (χ0n) is 9.53. The van der Waals surface area contributed by atoms with Gasteiger partial charge in [-0.15, -0.1) is 0 Å². The number of hydrogen-bond acceptors (Lipinski definition) is 4. The summed E-state index contributed by atoms with van der Waals surface area (Å²) >= 11 is 1.82. The van der Waals surface area contributed by atoms with Crippen LogP contribution in [-0.4, -0.2) is 21.1 Å². The minimum absolute atomic E-state index is 0.00315. The summed E-state index contributed by atoms with van der Waals surface area (Å²) in [4.78, 5) is 24.8. The van der Waals surface area contributed by atoms with Crippen molar-refractivity contribution in [1.29, 1.82) is 0 Å². The zero-order valence-corrected chi connectivity index (χ0v) is 10.3. The van der Waals surface area contributed by atoms with Gasteiger partial charge < -0.3 is 5.73 Å². The van der Waals surface area contributed by atoms with E-state index in [1.54, 1.807) is 0 Å². The Morgan fingerprint density at radius 1 is 1.56 bits per heavy atom. The molecule has 5 nitrogen and oxygen atoms in total. The van der Waals surface area contributed by atoms with E-state index < -0.39 is 11.2 Å². The molecule has 1 unspecified atom stereocenters. The van der Waals surface area contributed by atoms with E-state index in [1.807, 2.05) is 18.7 Å². The van der Waals surface area contributed by atoms with E-state index in [-0.39, 0.29) is 11.9 Å². The van der Waals surface area contributed by atoms with Gasteiger partial charge in [-0.05, 0) is 24.9 Å². The largest absolute Gasteiger partial charge is 0.385 e. The molecule has 3 N–H and O–H groups in total. The summed E-state index contributed by atoms with van der Waals surface area (Å²) in [5, 5.41) is 0. The van der Waals surface area contributed by atoms with E-state index in [2.05, 4.69) is 11.9 Å². The lowest BCUT2D eigenvalue weighted by atomic mass is 10.2. The number of H-pyrrole nitrogens is 1. The predicted molar refractivity (Wildman–Crippen MR) is 68.1 cm³/mol. The number of hydrogen-bond donors (Lipinski definition) is 2. The van der Waals surface area contributed by atoms with Crippen molar-refractivity contribution >= 4 is 17.6 Å². The van der Waals surface area contributed by atoms with Crippen LogP contribution in [-0.2, 0) is 0 Å². The highest BCUT2D eigenvalue weighted by Gasteiger charge is 2.10. The third-order valence-electron chi connectivity index (χ3n) is 2.33. The fraction of sp³-hybridized carbons (Fsp3) is 0.600. The fourth-order valence-corrected chi connectivity index (χ4v) is 2.30. The molecule has 0 saturated heterocycles. The molecule has 0 saturated carbocycles. The Morgan fingerprint density at radius 3 is 2.81 bits per heavy atom. The van der Waals surface area contributed by atoms with Crippen LogP contribution in [0.4, 0.5) is 5.82 Å². The van der Waals surface area contributed by atoms with Crippen molar-refractivity contribution in [2.24, 2.45) is 0 Å². The SMILES string of the molecule is CCSCCC(C)n1c(N)cc(=O)[nH]c1=O. The number of aromatic nitrogens is 2. The lowest BCUT2D eigenvalue weighted by Crippen LogP contribution is -2.33. The van der Waals surface area contributed by atoms with Crippen LogP contribution in [0.25, 0.3) is 0 Å². The maximum absolute atomic E-state index is 11.6. The minimum Gasteiger partial charge on any atom is -0.385 e. The third kappa shape index (κ3) is 3.16. The van der Waals surface area contributed by atoms with Gasteiger partial charge in [-0.2, -0.15) is 11.8 Å². The molecule has 1 heterocycles. The quantitative estimate of drug-likeness (QED) is 0.750. The number of nitrogen functional groups attached to an aromatic ring is 1. The van der Waals surface area contributed by atoms with Crippen LogP contribution >= 0.6 is 11.8 Å². The fourth-order valence-electron chi connectivity index (χ4n) is 1.50. The highest BCUT2D eigenvalue weighted by Crippen LogP contribution is 2.14. The van der Waals surface area contributed by atoms with Gasteiger partial charge in [-0.1, -0.05) is 6.92 Å². The van der Waals surface area contributed by atoms with E-state index in [0.29, 0.717) is 0 Å². The van der Waals surface area contributed by atoms with Crippen LogP contribution in [0.15, 0.2) is 15.7 Å². The molecule has 0 aliphatic heterocycles. The molecule has 0 aliphatic carbocycles. The summed E-state index contributed by atoms with van der Waals surface area (Å²) in [5.74, 6) is 2.26. The highest BCUT2D eigenvalue weighted by atomic mass is 32.2. The second kappa shape index (κ2) is 5.79. The van der Waals surface area contributed by atoms with Crippen molar-refractivity contribution in [3.05, 3.63) is 26.9 Å². The van der Waals surface area contributed by atoms with Gasteiger partial charge in [0.2, 0.25) is 0 Å².